The predicted molar refractivity (Wildman–Crippen MR) is 124 cm³/mol. The lowest BCUT2D eigenvalue weighted by Gasteiger charge is -2.45. The van der Waals surface area contributed by atoms with E-state index in [9.17, 15) is 14.4 Å². The van der Waals surface area contributed by atoms with Crippen LogP contribution in [0.4, 0.5) is 11.4 Å². The van der Waals surface area contributed by atoms with E-state index < -0.39 is 0 Å². The number of anilines is 2. The molecular formula is C25H30N4O4. The molecule has 4 heterocycles. The first kappa shape index (κ1) is 21.6. The quantitative estimate of drug-likeness (QED) is 0.757. The summed E-state index contributed by atoms with van der Waals surface area (Å²) in [5.74, 6) is 0.315. The SMILES string of the molecule is O=C(CN1C(=O)[C@@H]2CCCCN2c2ccc(C(=O)N3CCCCC3)cc21)NCc1ccco1. The highest BCUT2D eigenvalue weighted by Gasteiger charge is 2.40. The van der Waals surface area contributed by atoms with E-state index >= 15 is 0 Å². The maximum Gasteiger partial charge on any atom is 0.253 e. The zero-order chi connectivity index (χ0) is 22.8. The van der Waals surface area contributed by atoms with E-state index in [1.165, 1.54) is 0 Å². The minimum Gasteiger partial charge on any atom is -0.467 e. The average Bonchev–Trinajstić information content (AvgIpc) is 3.39. The van der Waals surface area contributed by atoms with Crippen molar-refractivity contribution >= 4 is 29.1 Å². The number of benzene rings is 1. The summed E-state index contributed by atoms with van der Waals surface area (Å²) in [7, 11) is 0. The Balaban J connectivity index is 1.42. The fraction of sp³-hybridized carbons (Fsp3) is 0.480. The third-order valence-corrected chi connectivity index (χ3v) is 6.86. The Hall–Kier alpha value is -3.29. The number of hydrogen-bond acceptors (Lipinski definition) is 5. The number of carbonyl (C=O) groups is 3. The smallest absolute Gasteiger partial charge is 0.253 e. The number of piperidine rings is 2. The van der Waals surface area contributed by atoms with Gasteiger partial charge in [0.05, 0.1) is 24.2 Å². The van der Waals surface area contributed by atoms with Gasteiger partial charge in [-0.3, -0.25) is 19.3 Å². The molecule has 0 bridgehead atoms. The van der Waals surface area contributed by atoms with E-state index in [1.54, 1.807) is 29.4 Å². The van der Waals surface area contributed by atoms with Gasteiger partial charge >= 0.3 is 0 Å². The van der Waals surface area contributed by atoms with Crippen LogP contribution >= 0.6 is 0 Å². The summed E-state index contributed by atoms with van der Waals surface area (Å²) in [6, 6.07) is 8.92. The lowest BCUT2D eigenvalue weighted by atomic mass is 9.95. The highest BCUT2D eigenvalue weighted by atomic mass is 16.3. The molecule has 3 aliphatic heterocycles. The van der Waals surface area contributed by atoms with Gasteiger partial charge in [-0.25, -0.2) is 0 Å². The third-order valence-electron chi connectivity index (χ3n) is 6.86. The van der Waals surface area contributed by atoms with Crippen LogP contribution in [0.1, 0.15) is 54.6 Å². The molecule has 0 radical (unpaired) electrons. The van der Waals surface area contributed by atoms with Crippen molar-refractivity contribution in [2.45, 2.75) is 51.1 Å². The van der Waals surface area contributed by atoms with Gasteiger partial charge in [-0.2, -0.15) is 0 Å². The molecule has 1 atom stereocenters. The Morgan fingerprint density at radius 3 is 2.61 bits per heavy atom. The van der Waals surface area contributed by atoms with Crippen LogP contribution in [0.25, 0.3) is 0 Å². The summed E-state index contributed by atoms with van der Waals surface area (Å²) in [5, 5.41) is 2.83. The number of carbonyl (C=O) groups excluding carboxylic acids is 3. The molecule has 2 saturated heterocycles. The molecule has 1 aromatic heterocycles. The molecule has 2 fully saturated rings. The van der Waals surface area contributed by atoms with E-state index in [0.717, 1.165) is 63.8 Å². The number of amides is 3. The lowest BCUT2D eigenvalue weighted by molar-refractivity contribution is -0.125. The molecular weight excluding hydrogens is 420 g/mol. The monoisotopic (exact) mass is 450 g/mol. The molecule has 33 heavy (non-hydrogen) atoms. The number of nitrogens with one attached hydrogen (secondary N) is 1. The molecule has 3 aliphatic rings. The number of furan rings is 1. The first-order chi connectivity index (χ1) is 16.1. The van der Waals surface area contributed by atoms with Gasteiger partial charge in [0.1, 0.15) is 18.3 Å². The predicted octanol–water partition coefficient (Wildman–Crippen LogP) is 2.93. The van der Waals surface area contributed by atoms with Crippen LogP contribution in [0.3, 0.4) is 0 Å². The van der Waals surface area contributed by atoms with Gasteiger partial charge in [-0.1, -0.05) is 0 Å². The van der Waals surface area contributed by atoms with E-state index in [2.05, 4.69) is 10.2 Å². The first-order valence-electron chi connectivity index (χ1n) is 11.9. The topological polar surface area (TPSA) is 86.1 Å². The Bertz CT molecular complexity index is 1030. The molecule has 0 spiro atoms. The molecule has 5 rings (SSSR count). The van der Waals surface area contributed by atoms with Crippen LogP contribution in [0.15, 0.2) is 41.0 Å². The second kappa shape index (κ2) is 9.29. The maximum atomic E-state index is 13.5. The van der Waals surface area contributed by atoms with Gasteiger partial charge in [-0.15, -0.1) is 0 Å². The zero-order valence-electron chi connectivity index (χ0n) is 18.8. The summed E-state index contributed by atoms with van der Waals surface area (Å²) < 4.78 is 5.28. The van der Waals surface area contributed by atoms with Crippen LogP contribution < -0.4 is 15.1 Å². The average molecular weight is 451 g/mol. The lowest BCUT2D eigenvalue weighted by Crippen LogP contribution is -2.57. The second-order valence-corrected chi connectivity index (χ2v) is 9.04. The maximum absolute atomic E-state index is 13.5. The molecule has 1 aromatic carbocycles. The molecule has 3 amide bonds. The van der Waals surface area contributed by atoms with Gasteiger partial charge in [0.15, 0.2) is 0 Å². The van der Waals surface area contributed by atoms with Crippen molar-refractivity contribution in [2.24, 2.45) is 0 Å². The zero-order valence-corrected chi connectivity index (χ0v) is 18.8. The number of hydrogen-bond donors (Lipinski definition) is 1. The fourth-order valence-electron chi connectivity index (χ4n) is 5.13. The van der Waals surface area contributed by atoms with Crippen LogP contribution in [0.5, 0.6) is 0 Å². The summed E-state index contributed by atoms with van der Waals surface area (Å²) in [4.78, 5) is 44.9. The molecule has 0 unspecified atom stereocenters. The molecule has 0 aliphatic carbocycles. The van der Waals surface area contributed by atoms with Crippen molar-refractivity contribution in [3.63, 3.8) is 0 Å². The standard InChI is InChI=1S/C25H30N4O4/c30-23(26-16-19-7-6-14-33-19)17-29-22-15-18(24(31)27-11-3-1-4-12-27)9-10-20(22)28-13-5-2-8-21(28)25(29)32/h6-7,9-10,14-15,21H,1-5,8,11-13,16-17H2,(H,26,30)/t21-/m0/s1. The number of nitrogens with zero attached hydrogens (tertiary/aromatic N) is 3. The third kappa shape index (κ3) is 4.34. The van der Waals surface area contributed by atoms with Gasteiger partial charge in [0.2, 0.25) is 11.8 Å². The van der Waals surface area contributed by atoms with Crippen molar-refractivity contribution in [3.8, 4) is 0 Å². The summed E-state index contributed by atoms with van der Waals surface area (Å²) in [5.41, 5.74) is 2.14. The Labute approximate surface area is 193 Å². The molecule has 8 heteroatoms. The summed E-state index contributed by atoms with van der Waals surface area (Å²) in [6.07, 6.45) is 7.55. The second-order valence-electron chi connectivity index (χ2n) is 9.04. The molecule has 0 saturated carbocycles. The van der Waals surface area contributed by atoms with Gasteiger partial charge < -0.3 is 19.5 Å². The van der Waals surface area contributed by atoms with Gasteiger partial charge in [-0.05, 0) is 68.9 Å². The first-order valence-corrected chi connectivity index (χ1v) is 11.9. The van der Waals surface area contributed by atoms with Crippen LogP contribution in [-0.2, 0) is 16.1 Å². The number of fused-ring (bicyclic) bond motifs is 3. The number of likely N-dealkylation sites (tertiary alicyclic amines) is 1. The van der Waals surface area contributed by atoms with Crippen LogP contribution in [0, 0.1) is 0 Å². The van der Waals surface area contributed by atoms with Crippen molar-refractivity contribution in [2.75, 3.05) is 36.0 Å². The minimum absolute atomic E-state index is 0.00654. The van der Waals surface area contributed by atoms with E-state index in [0.29, 0.717) is 17.0 Å². The van der Waals surface area contributed by atoms with Crippen molar-refractivity contribution in [3.05, 3.63) is 47.9 Å². The van der Waals surface area contributed by atoms with E-state index in [4.69, 9.17) is 4.42 Å². The Morgan fingerprint density at radius 2 is 1.82 bits per heavy atom. The van der Waals surface area contributed by atoms with Crippen molar-refractivity contribution in [1.82, 2.24) is 10.2 Å². The van der Waals surface area contributed by atoms with E-state index in [1.807, 2.05) is 17.0 Å². The Morgan fingerprint density at radius 1 is 1.00 bits per heavy atom. The fourth-order valence-corrected chi connectivity index (χ4v) is 5.13. The van der Waals surface area contributed by atoms with Crippen molar-refractivity contribution in [1.29, 1.82) is 0 Å². The Kier molecular flexibility index (Phi) is 6.07. The van der Waals surface area contributed by atoms with E-state index in [-0.39, 0.29) is 36.9 Å². The molecule has 174 valence electrons. The van der Waals surface area contributed by atoms with Crippen LogP contribution in [0.2, 0.25) is 0 Å². The van der Waals surface area contributed by atoms with Crippen molar-refractivity contribution < 1.29 is 18.8 Å². The highest BCUT2D eigenvalue weighted by Crippen LogP contribution is 2.40. The normalized spacial score (nSPS) is 20.3. The molecule has 1 N–H and O–H groups in total. The molecule has 2 aromatic rings. The minimum atomic E-state index is -0.261. The number of rotatable bonds is 5. The van der Waals surface area contributed by atoms with Gasteiger partial charge in [0.25, 0.3) is 5.91 Å². The highest BCUT2D eigenvalue weighted by molar-refractivity contribution is 6.09. The summed E-state index contributed by atoms with van der Waals surface area (Å²) >= 11 is 0. The van der Waals surface area contributed by atoms with Gasteiger partial charge in [0, 0.05) is 25.2 Å². The van der Waals surface area contributed by atoms with Crippen LogP contribution in [-0.4, -0.2) is 54.8 Å². The largest absolute Gasteiger partial charge is 0.467 e. The molecule has 8 nitrogen and oxygen atoms in total. The summed E-state index contributed by atoms with van der Waals surface area (Å²) in [6.45, 7) is 2.52.